The molecule has 0 saturated heterocycles. The molecule has 0 aliphatic carbocycles. The Morgan fingerprint density at radius 3 is 1.54 bits per heavy atom. The van der Waals surface area contributed by atoms with E-state index in [0.717, 1.165) is 33.9 Å². The molecular formula is C36H41Cl2N8O6-. The van der Waals surface area contributed by atoms with Gasteiger partial charge in [-0.2, -0.15) is 10.2 Å². The fourth-order valence-corrected chi connectivity index (χ4v) is 4.93. The van der Waals surface area contributed by atoms with Gasteiger partial charge >= 0.3 is 11.5 Å². The first-order valence-corrected chi connectivity index (χ1v) is 16.3. The number of nitrogens with zero attached hydrogens (tertiary/aromatic N) is 6. The zero-order valence-electron chi connectivity index (χ0n) is 30.0. The van der Waals surface area contributed by atoms with Gasteiger partial charge < -0.3 is 42.7 Å². The molecule has 2 unspecified atom stereocenters. The van der Waals surface area contributed by atoms with Gasteiger partial charge in [-0.05, 0) is 51.4 Å². The minimum atomic E-state index is -0.538. The molecular weight excluding hydrogens is 711 g/mol. The number of aromatic nitrogens is 4. The largest absolute Gasteiger partial charge is 1.00 e. The van der Waals surface area contributed by atoms with Crippen LogP contribution in [0, 0.1) is 13.8 Å². The van der Waals surface area contributed by atoms with Gasteiger partial charge in [-0.15, -0.1) is 0 Å². The van der Waals surface area contributed by atoms with Crippen LogP contribution < -0.4 is 23.0 Å². The molecule has 4 aromatic rings. The molecule has 0 spiro atoms. The second kappa shape index (κ2) is 17.6. The van der Waals surface area contributed by atoms with Gasteiger partial charge in [0.2, 0.25) is 0 Å². The van der Waals surface area contributed by atoms with E-state index >= 15 is 0 Å². The van der Waals surface area contributed by atoms with Crippen LogP contribution in [0.5, 0.6) is 0 Å². The third-order valence-electron chi connectivity index (χ3n) is 7.66. The monoisotopic (exact) mass is 751 g/mol. The van der Waals surface area contributed by atoms with Crippen molar-refractivity contribution in [2.45, 2.75) is 39.8 Å². The Morgan fingerprint density at radius 2 is 1.15 bits per heavy atom. The van der Waals surface area contributed by atoms with Gasteiger partial charge in [0.05, 0.1) is 23.5 Å². The molecule has 2 aliphatic heterocycles. The van der Waals surface area contributed by atoms with Crippen molar-refractivity contribution in [3.8, 4) is 22.5 Å². The predicted molar refractivity (Wildman–Crippen MR) is 194 cm³/mol. The van der Waals surface area contributed by atoms with Crippen LogP contribution in [0.2, 0.25) is 0 Å². The van der Waals surface area contributed by atoms with Crippen LogP contribution in [0.4, 0.5) is 9.59 Å². The van der Waals surface area contributed by atoms with E-state index in [4.69, 9.17) is 16.3 Å². The molecule has 276 valence electrons. The molecule has 6 rings (SSSR count). The van der Waals surface area contributed by atoms with Gasteiger partial charge in [0.1, 0.15) is 5.76 Å². The fraction of sp³-hybridized carbons (Fsp3) is 0.278. The maximum atomic E-state index is 12.4. The predicted octanol–water partition coefficient (Wildman–Crippen LogP) is 2.26. The van der Waals surface area contributed by atoms with Gasteiger partial charge in [0, 0.05) is 50.7 Å². The van der Waals surface area contributed by atoms with Crippen LogP contribution in [-0.2, 0) is 14.3 Å². The smallest absolute Gasteiger partial charge is 0.414 e. The summed E-state index contributed by atoms with van der Waals surface area (Å²) < 4.78 is 8.44. The zero-order chi connectivity index (χ0) is 37.6. The quantitative estimate of drug-likeness (QED) is 0.207. The summed E-state index contributed by atoms with van der Waals surface area (Å²) in [4.78, 5) is 48.7. The van der Waals surface area contributed by atoms with Crippen LogP contribution >= 0.6 is 11.6 Å². The summed E-state index contributed by atoms with van der Waals surface area (Å²) >= 11 is 4.90. The lowest BCUT2D eigenvalue weighted by atomic mass is 10.1. The Kier molecular flexibility index (Phi) is 13.8. The highest BCUT2D eigenvalue weighted by Gasteiger charge is 2.35. The second-order valence-corrected chi connectivity index (χ2v) is 12.5. The molecule has 0 fully saturated rings. The number of hydrogen-bond donors (Lipinski definition) is 3. The highest BCUT2D eigenvalue weighted by Crippen LogP contribution is 2.28. The van der Waals surface area contributed by atoms with Gasteiger partial charge in [-0.3, -0.25) is 14.4 Å². The number of carbonyl (C=O) groups is 4. The first-order chi connectivity index (χ1) is 24.1. The van der Waals surface area contributed by atoms with E-state index in [2.05, 4.69) is 20.8 Å². The maximum Gasteiger partial charge on any atom is 0.414 e. The number of aryl methyl sites for hydroxylation is 2. The topological polar surface area (TPSA) is 164 Å². The number of aliphatic hydroxyl groups is 1. The number of nitrogens with one attached hydrogen (secondary N) is 2. The lowest BCUT2D eigenvalue weighted by Gasteiger charge is -2.14. The average Bonchev–Trinajstić information content (AvgIpc) is 3.81. The second-order valence-electron chi connectivity index (χ2n) is 12.1. The summed E-state index contributed by atoms with van der Waals surface area (Å²) in [6.45, 7) is 7.21. The molecule has 52 heavy (non-hydrogen) atoms. The Bertz CT molecular complexity index is 1990. The van der Waals surface area contributed by atoms with Gasteiger partial charge in [0.25, 0.3) is 11.8 Å². The van der Waals surface area contributed by atoms with E-state index in [1.165, 1.54) is 19.2 Å². The minimum Gasteiger partial charge on any atom is -1.00 e. The summed E-state index contributed by atoms with van der Waals surface area (Å²) in [5.41, 5.74) is 5.46. The lowest BCUT2D eigenvalue weighted by Crippen LogP contribution is -3.00. The van der Waals surface area contributed by atoms with Crippen molar-refractivity contribution < 1.29 is 41.4 Å². The highest BCUT2D eigenvalue weighted by molar-refractivity contribution is 6.62. The SMILES string of the molecule is CN(C)C(=O)Cl.Cc1cc(-c2ccccc2)nn1C1=C(O)C(C)NC1=O.Cc1cc(-c2ccccc2)nn1C1=C(OC(=O)N(C)C)C(C)NC1=O.[Cl-]. The molecule has 2 atom stereocenters. The Morgan fingerprint density at radius 1 is 0.750 bits per heavy atom. The van der Waals surface area contributed by atoms with E-state index < -0.39 is 17.5 Å². The van der Waals surface area contributed by atoms with E-state index in [-0.39, 0.29) is 53.2 Å². The number of halogens is 2. The van der Waals surface area contributed by atoms with Crippen molar-refractivity contribution in [3.05, 3.63) is 95.7 Å². The normalized spacial score (nSPS) is 16.1. The Labute approximate surface area is 313 Å². The number of ether oxygens (including phenoxy) is 1. The van der Waals surface area contributed by atoms with Crippen LogP contribution in [0.25, 0.3) is 33.9 Å². The number of rotatable bonds is 5. The molecule has 4 heterocycles. The van der Waals surface area contributed by atoms with Crippen LogP contribution in [-0.4, -0.2) is 98.0 Å². The average molecular weight is 753 g/mol. The third-order valence-corrected chi connectivity index (χ3v) is 7.99. The third kappa shape index (κ3) is 9.38. The number of aliphatic hydroxyl groups excluding tert-OH is 1. The summed E-state index contributed by atoms with van der Waals surface area (Å²) in [5.74, 6) is -0.323. The number of hydrogen-bond acceptors (Lipinski definition) is 8. The maximum absolute atomic E-state index is 12.4. The van der Waals surface area contributed by atoms with Crippen LogP contribution in [0.3, 0.4) is 0 Å². The van der Waals surface area contributed by atoms with E-state index in [1.807, 2.05) is 86.6 Å². The Balaban J connectivity index is 0.000000242. The highest BCUT2D eigenvalue weighted by atomic mass is 35.5. The molecule has 2 aromatic heterocycles. The van der Waals surface area contributed by atoms with Gasteiger partial charge in [0.15, 0.2) is 17.2 Å². The van der Waals surface area contributed by atoms with Crippen molar-refractivity contribution in [2.75, 3.05) is 28.2 Å². The number of carbonyl (C=O) groups excluding carboxylic acids is 4. The molecule has 2 aliphatic rings. The summed E-state index contributed by atoms with van der Waals surface area (Å²) in [7, 11) is 6.36. The van der Waals surface area contributed by atoms with Crippen molar-refractivity contribution in [1.29, 1.82) is 0 Å². The van der Waals surface area contributed by atoms with E-state index in [9.17, 15) is 24.3 Å². The van der Waals surface area contributed by atoms with Crippen molar-refractivity contribution >= 4 is 46.3 Å². The number of benzene rings is 2. The molecule has 0 bridgehead atoms. The Hall–Kier alpha value is -5.60. The van der Waals surface area contributed by atoms with Crippen LogP contribution in [0.15, 0.2) is 84.3 Å². The molecule has 3 N–H and O–H groups in total. The summed E-state index contributed by atoms with van der Waals surface area (Å²) in [5, 5.41) is 24.0. The summed E-state index contributed by atoms with van der Waals surface area (Å²) in [6, 6.07) is 22.4. The molecule has 2 aromatic carbocycles. The molecule has 16 heteroatoms. The van der Waals surface area contributed by atoms with E-state index in [0.29, 0.717) is 0 Å². The van der Waals surface area contributed by atoms with Gasteiger partial charge in [-0.1, -0.05) is 60.7 Å². The lowest BCUT2D eigenvalue weighted by molar-refractivity contribution is -0.116. The molecule has 14 nitrogen and oxygen atoms in total. The summed E-state index contributed by atoms with van der Waals surface area (Å²) in [6.07, 6.45) is -0.538. The zero-order valence-corrected chi connectivity index (χ0v) is 31.5. The molecule has 0 saturated carbocycles. The molecule has 4 amide bonds. The van der Waals surface area contributed by atoms with Crippen molar-refractivity contribution in [2.24, 2.45) is 0 Å². The van der Waals surface area contributed by atoms with Crippen LogP contribution in [0.1, 0.15) is 25.2 Å². The number of amides is 4. The van der Waals surface area contributed by atoms with Crippen molar-refractivity contribution in [1.82, 2.24) is 40.0 Å². The fourth-order valence-electron chi connectivity index (χ4n) is 4.93. The minimum absolute atomic E-state index is 0. The first kappa shape index (κ1) is 40.8. The molecule has 0 radical (unpaired) electrons. The first-order valence-electron chi connectivity index (χ1n) is 15.9. The van der Waals surface area contributed by atoms with Gasteiger partial charge in [-0.25, -0.2) is 14.2 Å². The van der Waals surface area contributed by atoms with Crippen molar-refractivity contribution in [3.63, 3.8) is 0 Å². The standard InChI is InChI=1S/C18H20N4O3.C15H15N3O2.C3H6ClNO.ClH/c1-11-10-14(13-8-6-5-7-9-13)20-22(11)15-16(12(2)19-17(15)23)25-18(24)21(3)4;1-9-8-12(11-6-4-3-5-7-11)17-18(9)13-14(19)10(2)16-15(13)20;1-5(2)3(4)6;/h5-10,12H,1-4H3,(H,19,23);3-8,10,19H,1-2H3,(H,16,20);1-2H3;1H/p-1. The van der Waals surface area contributed by atoms with E-state index in [1.54, 1.807) is 42.0 Å².